The summed E-state index contributed by atoms with van der Waals surface area (Å²) >= 11 is 0. The number of hydrogen-bond acceptors (Lipinski definition) is 5. The molecule has 0 aliphatic rings. The van der Waals surface area contributed by atoms with E-state index in [1.54, 1.807) is 0 Å². The van der Waals surface area contributed by atoms with Gasteiger partial charge in [-0.25, -0.2) is 9.59 Å². The second kappa shape index (κ2) is 4.14. The molecule has 6 heteroatoms. The number of ether oxygens (including phenoxy) is 1. The molecule has 0 spiro atoms. The van der Waals surface area contributed by atoms with Gasteiger partial charge < -0.3 is 20.4 Å². The monoisotopic (exact) mass is 173 g/mol. The minimum Gasteiger partial charge on any atom is -0.473 e. The first kappa shape index (κ1) is 10.2. The maximum Gasteiger partial charge on any atom is 0.425 e. The third-order valence-electron chi connectivity index (χ3n) is 0.863. The molecule has 0 radical (unpaired) electrons. The summed E-state index contributed by atoms with van der Waals surface area (Å²) in [4.78, 5) is 20.2. The normalized spacial score (nSPS) is 8.33. The SMILES string of the molecule is N.O=C(O)C(=O)Oc1ccco1. The van der Waals surface area contributed by atoms with Gasteiger partial charge in [0, 0.05) is 6.07 Å². The maximum atomic E-state index is 10.3. The first-order valence-electron chi connectivity index (χ1n) is 2.69. The quantitative estimate of drug-likeness (QED) is 0.470. The second-order valence-corrected chi connectivity index (χ2v) is 1.63. The van der Waals surface area contributed by atoms with Crippen LogP contribution in [0.25, 0.3) is 0 Å². The Morgan fingerprint density at radius 3 is 2.58 bits per heavy atom. The Morgan fingerprint density at radius 1 is 1.50 bits per heavy atom. The summed E-state index contributed by atoms with van der Waals surface area (Å²) in [5.41, 5.74) is 0. The van der Waals surface area contributed by atoms with Crippen molar-refractivity contribution in [2.45, 2.75) is 0 Å². The van der Waals surface area contributed by atoms with Gasteiger partial charge in [0.05, 0.1) is 6.26 Å². The molecule has 1 aromatic rings. The predicted molar refractivity (Wildman–Crippen MR) is 37.0 cm³/mol. The van der Waals surface area contributed by atoms with Crippen molar-refractivity contribution in [3.05, 3.63) is 18.4 Å². The molecule has 12 heavy (non-hydrogen) atoms. The highest BCUT2D eigenvalue weighted by molar-refractivity contribution is 6.29. The van der Waals surface area contributed by atoms with Crippen LogP contribution in [0.3, 0.4) is 0 Å². The van der Waals surface area contributed by atoms with E-state index < -0.39 is 11.9 Å². The molecule has 0 amide bonds. The molecule has 0 saturated carbocycles. The molecule has 0 fully saturated rings. The standard InChI is InChI=1S/C6H4O5.H3N/c7-5(8)6(9)11-4-2-1-3-10-4;/h1-3H,(H,7,8);1H3. The number of carboxylic acid groups (broad SMARTS) is 1. The van der Waals surface area contributed by atoms with Gasteiger partial charge in [0.1, 0.15) is 0 Å². The van der Waals surface area contributed by atoms with Crippen LogP contribution in [0.1, 0.15) is 0 Å². The van der Waals surface area contributed by atoms with Gasteiger partial charge in [-0.3, -0.25) is 0 Å². The summed E-state index contributed by atoms with van der Waals surface area (Å²) in [5, 5.41) is 8.06. The summed E-state index contributed by atoms with van der Waals surface area (Å²) < 4.78 is 8.76. The molecular formula is C6H7NO5. The summed E-state index contributed by atoms with van der Waals surface area (Å²) in [6.07, 6.45) is 1.27. The second-order valence-electron chi connectivity index (χ2n) is 1.63. The van der Waals surface area contributed by atoms with Gasteiger partial charge in [-0.15, -0.1) is 0 Å². The number of hydrogen-bond donors (Lipinski definition) is 2. The smallest absolute Gasteiger partial charge is 0.425 e. The Bertz CT molecular complexity index is 265. The topological polar surface area (TPSA) is 112 Å². The van der Waals surface area contributed by atoms with Crippen molar-refractivity contribution in [1.29, 1.82) is 0 Å². The molecule has 0 bridgehead atoms. The third-order valence-corrected chi connectivity index (χ3v) is 0.863. The molecule has 1 heterocycles. The van der Waals surface area contributed by atoms with Crippen LogP contribution in [-0.2, 0) is 9.59 Å². The van der Waals surface area contributed by atoms with Crippen LogP contribution in [-0.4, -0.2) is 17.0 Å². The minimum atomic E-state index is -1.65. The largest absolute Gasteiger partial charge is 0.473 e. The number of furan rings is 1. The van der Waals surface area contributed by atoms with E-state index in [-0.39, 0.29) is 12.1 Å². The first-order valence-corrected chi connectivity index (χ1v) is 2.69. The van der Waals surface area contributed by atoms with E-state index in [1.165, 1.54) is 18.4 Å². The van der Waals surface area contributed by atoms with E-state index in [0.717, 1.165) is 0 Å². The number of esters is 1. The zero-order chi connectivity index (χ0) is 8.27. The van der Waals surface area contributed by atoms with Gasteiger partial charge in [-0.1, -0.05) is 0 Å². The summed E-state index contributed by atoms with van der Waals surface area (Å²) in [5.74, 6) is -3.14. The van der Waals surface area contributed by atoms with E-state index in [1.807, 2.05) is 0 Å². The van der Waals surface area contributed by atoms with Crippen molar-refractivity contribution in [2.75, 3.05) is 0 Å². The number of rotatable bonds is 1. The molecule has 0 saturated heterocycles. The average molecular weight is 173 g/mol. The van der Waals surface area contributed by atoms with Crippen LogP contribution in [0.5, 0.6) is 5.95 Å². The molecule has 0 aliphatic heterocycles. The highest BCUT2D eigenvalue weighted by atomic mass is 16.6. The van der Waals surface area contributed by atoms with E-state index >= 15 is 0 Å². The van der Waals surface area contributed by atoms with Crippen molar-refractivity contribution in [3.8, 4) is 5.95 Å². The number of carbonyl (C=O) groups is 2. The summed E-state index contributed by atoms with van der Waals surface area (Å²) in [6, 6.07) is 2.81. The van der Waals surface area contributed by atoms with Crippen molar-refractivity contribution in [3.63, 3.8) is 0 Å². The molecule has 0 atom stereocenters. The predicted octanol–water partition coefficient (Wildman–Crippen LogP) is 0.432. The Morgan fingerprint density at radius 2 is 2.17 bits per heavy atom. The van der Waals surface area contributed by atoms with Crippen LogP contribution >= 0.6 is 0 Å². The zero-order valence-corrected chi connectivity index (χ0v) is 6.02. The Hall–Kier alpha value is -1.82. The van der Waals surface area contributed by atoms with Crippen molar-refractivity contribution >= 4 is 11.9 Å². The fourth-order valence-corrected chi connectivity index (χ4v) is 0.457. The van der Waals surface area contributed by atoms with Gasteiger partial charge in [0.15, 0.2) is 0 Å². The maximum absolute atomic E-state index is 10.3. The molecule has 0 unspecified atom stereocenters. The van der Waals surface area contributed by atoms with Crippen molar-refractivity contribution in [2.24, 2.45) is 0 Å². The molecule has 0 aromatic carbocycles. The number of carbonyl (C=O) groups excluding carboxylic acids is 1. The van der Waals surface area contributed by atoms with Crippen LogP contribution in [0.2, 0.25) is 0 Å². The lowest BCUT2D eigenvalue weighted by molar-refractivity contribution is -0.158. The van der Waals surface area contributed by atoms with Crippen molar-refractivity contribution in [1.82, 2.24) is 6.15 Å². The van der Waals surface area contributed by atoms with Crippen LogP contribution < -0.4 is 10.9 Å². The van der Waals surface area contributed by atoms with Gasteiger partial charge in [-0.2, -0.15) is 0 Å². The van der Waals surface area contributed by atoms with Crippen LogP contribution in [0.15, 0.2) is 22.8 Å². The molecule has 6 nitrogen and oxygen atoms in total. The molecule has 4 N–H and O–H groups in total. The minimum absolute atomic E-state index is 0. The number of carboxylic acids is 1. The number of aliphatic carboxylic acids is 1. The van der Waals surface area contributed by atoms with Gasteiger partial charge in [-0.05, 0) is 6.07 Å². The molecule has 0 aliphatic carbocycles. The summed E-state index contributed by atoms with van der Waals surface area (Å²) in [7, 11) is 0. The van der Waals surface area contributed by atoms with Crippen LogP contribution in [0.4, 0.5) is 0 Å². The summed E-state index contributed by atoms with van der Waals surface area (Å²) in [6.45, 7) is 0. The lowest BCUT2D eigenvalue weighted by atomic mass is 10.6. The molecule has 1 aromatic heterocycles. The van der Waals surface area contributed by atoms with Gasteiger partial charge >= 0.3 is 11.9 Å². The fraction of sp³-hybridized carbons (Fsp3) is 0. The molecule has 66 valence electrons. The highest BCUT2D eigenvalue weighted by Crippen LogP contribution is 2.09. The van der Waals surface area contributed by atoms with Crippen molar-refractivity contribution < 1.29 is 23.8 Å². The van der Waals surface area contributed by atoms with Crippen LogP contribution in [0, 0.1) is 0 Å². The third kappa shape index (κ3) is 2.43. The lowest BCUT2D eigenvalue weighted by Crippen LogP contribution is -2.18. The molecule has 1 rings (SSSR count). The van der Waals surface area contributed by atoms with E-state index in [2.05, 4.69) is 9.15 Å². The average Bonchev–Trinajstić information content (AvgIpc) is 2.39. The highest BCUT2D eigenvalue weighted by Gasteiger charge is 2.14. The fourth-order valence-electron chi connectivity index (χ4n) is 0.457. The first-order chi connectivity index (χ1) is 5.20. The molecular weight excluding hydrogens is 166 g/mol. The lowest BCUT2D eigenvalue weighted by Gasteiger charge is -1.92. The van der Waals surface area contributed by atoms with E-state index in [9.17, 15) is 9.59 Å². The zero-order valence-electron chi connectivity index (χ0n) is 6.02. The Kier molecular flexibility index (Phi) is 3.51. The Balaban J connectivity index is 0.00000121. The van der Waals surface area contributed by atoms with Gasteiger partial charge in [0.25, 0.3) is 5.95 Å². The van der Waals surface area contributed by atoms with Gasteiger partial charge in [0.2, 0.25) is 0 Å². The Labute approximate surface area is 67.3 Å². The van der Waals surface area contributed by atoms with E-state index in [0.29, 0.717) is 0 Å². The van der Waals surface area contributed by atoms with E-state index in [4.69, 9.17) is 5.11 Å².